The van der Waals surface area contributed by atoms with Crippen LogP contribution in [0.4, 0.5) is 0 Å². The van der Waals surface area contributed by atoms with E-state index >= 15 is 0 Å². The third-order valence-corrected chi connectivity index (χ3v) is 4.34. The summed E-state index contributed by atoms with van der Waals surface area (Å²) in [4.78, 5) is 33.9. The summed E-state index contributed by atoms with van der Waals surface area (Å²) in [6.07, 6.45) is 3.16. The highest BCUT2D eigenvalue weighted by molar-refractivity contribution is 5.94. The molecular formula is C21H23N3O3. The SMILES string of the molecule is CCOc1ccc2[nH]c(=O)c(CN(C(=O)c3cccnc3)C(C)C)cc2c1. The van der Waals surface area contributed by atoms with Crippen molar-refractivity contribution in [3.63, 3.8) is 0 Å². The molecule has 0 saturated carbocycles. The number of hydrogen-bond donors (Lipinski definition) is 1. The summed E-state index contributed by atoms with van der Waals surface area (Å²) in [6.45, 7) is 6.57. The van der Waals surface area contributed by atoms with E-state index in [0.29, 0.717) is 17.7 Å². The maximum Gasteiger partial charge on any atom is 0.255 e. The van der Waals surface area contributed by atoms with Crippen LogP contribution in [0.3, 0.4) is 0 Å². The van der Waals surface area contributed by atoms with Gasteiger partial charge in [0.25, 0.3) is 11.5 Å². The van der Waals surface area contributed by atoms with Crippen LogP contribution in [0.25, 0.3) is 10.9 Å². The summed E-state index contributed by atoms with van der Waals surface area (Å²) in [7, 11) is 0. The molecule has 0 radical (unpaired) electrons. The summed E-state index contributed by atoms with van der Waals surface area (Å²) in [5.74, 6) is 0.593. The molecule has 0 fully saturated rings. The third-order valence-electron chi connectivity index (χ3n) is 4.34. The highest BCUT2D eigenvalue weighted by Crippen LogP contribution is 2.20. The van der Waals surface area contributed by atoms with Crippen LogP contribution in [0.5, 0.6) is 5.75 Å². The number of fused-ring (bicyclic) bond motifs is 1. The van der Waals surface area contributed by atoms with Gasteiger partial charge in [0.05, 0.1) is 18.7 Å². The van der Waals surface area contributed by atoms with E-state index in [1.807, 2.05) is 45.0 Å². The molecule has 2 aromatic heterocycles. The minimum atomic E-state index is -0.198. The minimum absolute atomic E-state index is 0.0671. The molecule has 0 bridgehead atoms. The fourth-order valence-electron chi connectivity index (χ4n) is 2.93. The van der Waals surface area contributed by atoms with Crippen molar-refractivity contribution < 1.29 is 9.53 Å². The van der Waals surface area contributed by atoms with E-state index in [0.717, 1.165) is 16.7 Å². The number of nitrogens with one attached hydrogen (secondary N) is 1. The molecule has 2 heterocycles. The van der Waals surface area contributed by atoms with Gasteiger partial charge in [0, 0.05) is 34.9 Å². The number of carbonyl (C=O) groups is 1. The van der Waals surface area contributed by atoms with Gasteiger partial charge in [0.2, 0.25) is 0 Å². The summed E-state index contributed by atoms with van der Waals surface area (Å²) in [6, 6.07) is 10.7. The van der Waals surface area contributed by atoms with Crippen molar-refractivity contribution in [1.82, 2.24) is 14.9 Å². The Kier molecular flexibility index (Phi) is 5.54. The van der Waals surface area contributed by atoms with Crippen molar-refractivity contribution in [2.45, 2.75) is 33.4 Å². The van der Waals surface area contributed by atoms with Crippen LogP contribution < -0.4 is 10.3 Å². The number of aromatic nitrogens is 2. The molecule has 3 aromatic rings. The van der Waals surface area contributed by atoms with Gasteiger partial charge in [-0.2, -0.15) is 0 Å². The number of aromatic amines is 1. The standard InChI is InChI=1S/C21H23N3O3/c1-4-27-18-7-8-19-16(11-18)10-17(20(25)23-19)13-24(14(2)3)21(26)15-6-5-9-22-12-15/h5-12,14H,4,13H2,1-3H3,(H,23,25). The van der Waals surface area contributed by atoms with Gasteiger partial charge in [-0.25, -0.2) is 0 Å². The molecule has 0 spiro atoms. The fourth-order valence-corrected chi connectivity index (χ4v) is 2.93. The molecule has 0 atom stereocenters. The van der Waals surface area contributed by atoms with Crippen LogP contribution in [-0.4, -0.2) is 33.4 Å². The van der Waals surface area contributed by atoms with Crippen LogP contribution in [0.2, 0.25) is 0 Å². The molecule has 0 aliphatic heterocycles. The van der Waals surface area contributed by atoms with Crippen molar-refractivity contribution in [1.29, 1.82) is 0 Å². The number of nitrogens with zero attached hydrogens (tertiary/aromatic N) is 2. The Labute approximate surface area is 157 Å². The van der Waals surface area contributed by atoms with Gasteiger partial charge < -0.3 is 14.6 Å². The Balaban J connectivity index is 1.95. The molecule has 27 heavy (non-hydrogen) atoms. The molecule has 0 saturated heterocycles. The van der Waals surface area contributed by atoms with E-state index < -0.39 is 0 Å². The lowest BCUT2D eigenvalue weighted by molar-refractivity contribution is 0.0689. The molecule has 140 valence electrons. The number of H-pyrrole nitrogens is 1. The Hall–Kier alpha value is -3.15. The van der Waals surface area contributed by atoms with E-state index in [1.54, 1.807) is 23.2 Å². The van der Waals surface area contributed by atoms with Crippen molar-refractivity contribution >= 4 is 16.8 Å². The minimum Gasteiger partial charge on any atom is -0.494 e. The largest absolute Gasteiger partial charge is 0.494 e. The first kappa shape index (κ1) is 18.6. The quantitative estimate of drug-likeness (QED) is 0.727. The van der Waals surface area contributed by atoms with E-state index in [1.165, 1.54) is 6.20 Å². The Morgan fingerprint density at radius 1 is 1.26 bits per heavy atom. The Morgan fingerprint density at radius 2 is 2.07 bits per heavy atom. The van der Waals surface area contributed by atoms with E-state index in [2.05, 4.69) is 9.97 Å². The molecule has 0 unspecified atom stereocenters. The average molecular weight is 365 g/mol. The van der Waals surface area contributed by atoms with Crippen LogP contribution in [0, 0.1) is 0 Å². The number of benzene rings is 1. The van der Waals surface area contributed by atoms with Crippen LogP contribution in [0.1, 0.15) is 36.7 Å². The number of pyridine rings is 2. The predicted octanol–water partition coefficient (Wildman–Crippen LogP) is 3.37. The second-order valence-electron chi connectivity index (χ2n) is 6.57. The third kappa shape index (κ3) is 4.16. The zero-order chi connectivity index (χ0) is 19.4. The number of amides is 1. The molecule has 1 amide bonds. The smallest absolute Gasteiger partial charge is 0.255 e. The van der Waals surface area contributed by atoms with Gasteiger partial charge >= 0.3 is 0 Å². The first-order valence-corrected chi connectivity index (χ1v) is 8.99. The van der Waals surface area contributed by atoms with Crippen molar-refractivity contribution in [3.05, 3.63) is 70.3 Å². The van der Waals surface area contributed by atoms with Gasteiger partial charge in [-0.1, -0.05) is 0 Å². The van der Waals surface area contributed by atoms with Crippen LogP contribution in [0.15, 0.2) is 53.6 Å². The van der Waals surface area contributed by atoms with Gasteiger partial charge in [-0.05, 0) is 57.2 Å². The number of rotatable bonds is 6. The lowest BCUT2D eigenvalue weighted by Crippen LogP contribution is -2.38. The molecule has 6 heteroatoms. The first-order valence-electron chi connectivity index (χ1n) is 8.99. The highest BCUT2D eigenvalue weighted by Gasteiger charge is 2.20. The van der Waals surface area contributed by atoms with Gasteiger partial charge in [-0.3, -0.25) is 14.6 Å². The zero-order valence-electron chi connectivity index (χ0n) is 15.7. The van der Waals surface area contributed by atoms with E-state index in [4.69, 9.17) is 4.74 Å². The summed E-state index contributed by atoms with van der Waals surface area (Å²) in [5.41, 5.74) is 1.57. The normalized spacial score (nSPS) is 11.0. The topological polar surface area (TPSA) is 75.3 Å². The molecule has 0 aliphatic rings. The highest BCUT2D eigenvalue weighted by atomic mass is 16.5. The molecule has 0 aliphatic carbocycles. The first-order chi connectivity index (χ1) is 13.0. The summed E-state index contributed by atoms with van der Waals surface area (Å²) >= 11 is 0. The lowest BCUT2D eigenvalue weighted by atomic mass is 10.1. The number of hydrogen-bond acceptors (Lipinski definition) is 4. The number of ether oxygens (including phenoxy) is 1. The van der Waals surface area contributed by atoms with E-state index in [-0.39, 0.29) is 24.1 Å². The summed E-state index contributed by atoms with van der Waals surface area (Å²) < 4.78 is 5.54. The van der Waals surface area contributed by atoms with Crippen LogP contribution >= 0.6 is 0 Å². The molecule has 1 aromatic carbocycles. The monoisotopic (exact) mass is 365 g/mol. The van der Waals surface area contributed by atoms with Crippen molar-refractivity contribution in [2.24, 2.45) is 0 Å². The van der Waals surface area contributed by atoms with Crippen molar-refractivity contribution in [2.75, 3.05) is 6.61 Å². The molecule has 6 nitrogen and oxygen atoms in total. The maximum absolute atomic E-state index is 12.9. The average Bonchev–Trinajstić information content (AvgIpc) is 2.66. The second-order valence-corrected chi connectivity index (χ2v) is 6.57. The summed E-state index contributed by atoms with van der Waals surface area (Å²) in [5, 5.41) is 0.869. The second kappa shape index (κ2) is 8.03. The Morgan fingerprint density at radius 3 is 2.74 bits per heavy atom. The van der Waals surface area contributed by atoms with Gasteiger partial charge in [-0.15, -0.1) is 0 Å². The lowest BCUT2D eigenvalue weighted by Gasteiger charge is -2.26. The van der Waals surface area contributed by atoms with Gasteiger partial charge in [0.1, 0.15) is 5.75 Å². The van der Waals surface area contributed by atoms with E-state index in [9.17, 15) is 9.59 Å². The fraction of sp³-hybridized carbons (Fsp3) is 0.286. The zero-order valence-corrected chi connectivity index (χ0v) is 15.7. The number of carbonyl (C=O) groups excluding carboxylic acids is 1. The predicted molar refractivity (Wildman–Crippen MR) is 105 cm³/mol. The molecule has 1 N–H and O–H groups in total. The molecule has 3 rings (SSSR count). The maximum atomic E-state index is 12.9. The van der Waals surface area contributed by atoms with Gasteiger partial charge in [0.15, 0.2) is 0 Å². The Bertz CT molecular complexity index is 996. The molecular weight excluding hydrogens is 342 g/mol. The van der Waals surface area contributed by atoms with Crippen LogP contribution in [-0.2, 0) is 6.54 Å². The van der Waals surface area contributed by atoms with Crippen molar-refractivity contribution in [3.8, 4) is 5.75 Å².